The van der Waals surface area contributed by atoms with Crippen molar-refractivity contribution in [2.24, 2.45) is 0 Å². The molecule has 0 spiro atoms. The van der Waals surface area contributed by atoms with Gasteiger partial charge in [0.2, 0.25) is 0 Å². The quantitative estimate of drug-likeness (QED) is 0.879. The van der Waals surface area contributed by atoms with Crippen LogP contribution in [0.15, 0.2) is 42.5 Å². The summed E-state index contributed by atoms with van der Waals surface area (Å²) in [4.78, 5) is 11.7. The van der Waals surface area contributed by atoms with E-state index in [4.69, 9.17) is 11.6 Å². The molecular formula is C13H8ClF2NO. The summed E-state index contributed by atoms with van der Waals surface area (Å²) in [6.07, 6.45) is 0. The molecule has 2 nitrogen and oxygen atoms in total. The smallest absolute Gasteiger partial charge is 0.255 e. The Labute approximate surface area is 107 Å². The highest BCUT2D eigenvalue weighted by molar-refractivity contribution is 6.30. The molecule has 0 unspecified atom stereocenters. The first-order chi connectivity index (χ1) is 8.56. The summed E-state index contributed by atoms with van der Waals surface area (Å²) < 4.78 is 26.1. The van der Waals surface area contributed by atoms with Crippen molar-refractivity contribution in [1.82, 2.24) is 0 Å². The zero-order valence-corrected chi connectivity index (χ0v) is 9.84. The second-order valence-electron chi connectivity index (χ2n) is 3.59. The highest BCUT2D eigenvalue weighted by atomic mass is 35.5. The van der Waals surface area contributed by atoms with Gasteiger partial charge in [0.05, 0.1) is 5.69 Å². The van der Waals surface area contributed by atoms with Gasteiger partial charge < -0.3 is 5.32 Å². The molecule has 92 valence electrons. The van der Waals surface area contributed by atoms with Crippen molar-refractivity contribution in [3.05, 3.63) is 64.7 Å². The minimum atomic E-state index is -0.627. The largest absolute Gasteiger partial charge is 0.319 e. The maximum Gasteiger partial charge on any atom is 0.255 e. The average Bonchev–Trinajstić information content (AvgIpc) is 2.33. The molecule has 1 amide bonds. The Kier molecular flexibility index (Phi) is 3.58. The molecule has 0 aliphatic carbocycles. The van der Waals surface area contributed by atoms with E-state index in [0.29, 0.717) is 0 Å². The molecule has 0 aliphatic heterocycles. The lowest BCUT2D eigenvalue weighted by Crippen LogP contribution is -2.12. The van der Waals surface area contributed by atoms with Gasteiger partial charge >= 0.3 is 0 Å². The first-order valence-electron chi connectivity index (χ1n) is 5.08. The molecule has 0 aromatic heterocycles. The molecule has 18 heavy (non-hydrogen) atoms. The van der Waals surface area contributed by atoms with Gasteiger partial charge in [-0.15, -0.1) is 0 Å². The van der Waals surface area contributed by atoms with E-state index in [1.165, 1.54) is 24.3 Å². The van der Waals surface area contributed by atoms with Gasteiger partial charge in [-0.05, 0) is 42.5 Å². The highest BCUT2D eigenvalue weighted by Gasteiger charge is 2.09. The number of hydrogen-bond acceptors (Lipinski definition) is 1. The third kappa shape index (κ3) is 2.84. The van der Waals surface area contributed by atoms with Crippen LogP contribution in [-0.2, 0) is 0 Å². The highest BCUT2D eigenvalue weighted by Crippen LogP contribution is 2.19. The van der Waals surface area contributed by atoms with E-state index in [1.54, 1.807) is 0 Å². The monoisotopic (exact) mass is 267 g/mol. The van der Waals surface area contributed by atoms with Crippen LogP contribution in [0.5, 0.6) is 0 Å². The molecule has 0 saturated heterocycles. The van der Waals surface area contributed by atoms with Crippen LogP contribution in [0.3, 0.4) is 0 Å². The molecule has 0 aliphatic rings. The van der Waals surface area contributed by atoms with Crippen molar-refractivity contribution < 1.29 is 13.6 Å². The van der Waals surface area contributed by atoms with E-state index in [1.807, 2.05) is 0 Å². The van der Waals surface area contributed by atoms with E-state index in [2.05, 4.69) is 5.32 Å². The number of carbonyl (C=O) groups excluding carboxylic acids is 1. The second-order valence-corrected chi connectivity index (χ2v) is 4.02. The zero-order valence-electron chi connectivity index (χ0n) is 9.08. The van der Waals surface area contributed by atoms with Crippen LogP contribution in [-0.4, -0.2) is 5.91 Å². The lowest BCUT2D eigenvalue weighted by atomic mass is 10.2. The lowest BCUT2D eigenvalue weighted by Gasteiger charge is -2.06. The van der Waals surface area contributed by atoms with Gasteiger partial charge in [0, 0.05) is 10.6 Å². The fraction of sp³-hybridized carbons (Fsp3) is 0. The fourth-order valence-corrected chi connectivity index (χ4v) is 1.55. The third-order valence-electron chi connectivity index (χ3n) is 2.29. The molecular weight excluding hydrogens is 260 g/mol. The third-order valence-corrected chi connectivity index (χ3v) is 2.52. The number of halogens is 3. The van der Waals surface area contributed by atoms with Crippen LogP contribution in [0.2, 0.25) is 5.02 Å². The average molecular weight is 268 g/mol. The molecule has 5 heteroatoms. The van der Waals surface area contributed by atoms with Crippen molar-refractivity contribution in [2.75, 3.05) is 5.32 Å². The van der Waals surface area contributed by atoms with Crippen LogP contribution in [0.25, 0.3) is 0 Å². The number of benzene rings is 2. The van der Waals surface area contributed by atoms with E-state index in [9.17, 15) is 13.6 Å². The Morgan fingerprint density at radius 2 is 1.72 bits per heavy atom. The number of amides is 1. The van der Waals surface area contributed by atoms with Gasteiger partial charge in [-0.1, -0.05) is 11.6 Å². The van der Waals surface area contributed by atoms with Crippen LogP contribution < -0.4 is 5.32 Å². The van der Waals surface area contributed by atoms with Gasteiger partial charge in [0.15, 0.2) is 0 Å². The predicted octanol–water partition coefficient (Wildman–Crippen LogP) is 3.87. The Hall–Kier alpha value is -1.94. The molecule has 2 rings (SSSR count). The number of nitrogens with one attached hydrogen (secondary N) is 1. The van der Waals surface area contributed by atoms with Crippen LogP contribution in [0, 0.1) is 11.6 Å². The number of anilines is 1. The molecule has 0 atom stereocenters. The lowest BCUT2D eigenvalue weighted by molar-refractivity contribution is 0.102. The SMILES string of the molecule is O=C(Nc1ccc(Cl)cc1F)c1ccc(F)cc1. The van der Waals surface area contributed by atoms with Crippen molar-refractivity contribution in [1.29, 1.82) is 0 Å². The van der Waals surface area contributed by atoms with Crippen LogP contribution in [0.4, 0.5) is 14.5 Å². The summed E-state index contributed by atoms with van der Waals surface area (Å²) in [7, 11) is 0. The predicted molar refractivity (Wildman–Crippen MR) is 65.8 cm³/mol. The Morgan fingerprint density at radius 1 is 1.06 bits per heavy atom. The zero-order chi connectivity index (χ0) is 13.1. The maximum absolute atomic E-state index is 13.4. The molecule has 1 N–H and O–H groups in total. The Bertz CT molecular complexity index is 584. The van der Waals surface area contributed by atoms with Gasteiger partial charge in [-0.2, -0.15) is 0 Å². The van der Waals surface area contributed by atoms with E-state index in [0.717, 1.165) is 18.2 Å². The van der Waals surface area contributed by atoms with Gasteiger partial charge in [-0.3, -0.25) is 4.79 Å². The van der Waals surface area contributed by atoms with Crippen molar-refractivity contribution in [3.8, 4) is 0 Å². The molecule has 0 bridgehead atoms. The van der Waals surface area contributed by atoms with Crippen LogP contribution in [0.1, 0.15) is 10.4 Å². The fourth-order valence-electron chi connectivity index (χ4n) is 1.39. The normalized spacial score (nSPS) is 10.2. The second kappa shape index (κ2) is 5.14. The molecule has 0 saturated carbocycles. The van der Waals surface area contributed by atoms with Gasteiger partial charge in [-0.25, -0.2) is 8.78 Å². The first kappa shape index (κ1) is 12.5. The van der Waals surface area contributed by atoms with Crippen LogP contribution >= 0.6 is 11.6 Å². The molecule has 2 aromatic rings. The summed E-state index contributed by atoms with van der Waals surface area (Å²) >= 11 is 5.59. The molecule has 0 radical (unpaired) electrons. The van der Waals surface area contributed by atoms with E-state index < -0.39 is 17.5 Å². The van der Waals surface area contributed by atoms with Gasteiger partial charge in [0.1, 0.15) is 11.6 Å². The standard InChI is InChI=1S/C13H8ClF2NO/c14-9-3-6-12(11(16)7-9)17-13(18)8-1-4-10(15)5-2-8/h1-7H,(H,17,18). The minimum absolute atomic E-state index is 0.0220. The summed E-state index contributed by atoms with van der Waals surface area (Å²) in [6.45, 7) is 0. The number of rotatable bonds is 2. The molecule has 2 aromatic carbocycles. The molecule has 0 fully saturated rings. The minimum Gasteiger partial charge on any atom is -0.319 e. The maximum atomic E-state index is 13.4. The number of hydrogen-bond donors (Lipinski definition) is 1. The summed E-state index contributed by atoms with van der Waals surface area (Å²) in [5.74, 6) is -1.58. The first-order valence-corrected chi connectivity index (χ1v) is 5.46. The van der Waals surface area contributed by atoms with Crippen molar-refractivity contribution >= 4 is 23.2 Å². The Morgan fingerprint density at radius 3 is 2.33 bits per heavy atom. The van der Waals surface area contributed by atoms with E-state index in [-0.39, 0.29) is 16.3 Å². The summed E-state index contributed by atoms with van der Waals surface area (Å²) in [5.41, 5.74) is 0.263. The summed E-state index contributed by atoms with van der Waals surface area (Å²) in [6, 6.07) is 8.88. The Balaban J connectivity index is 2.18. The molecule has 0 heterocycles. The van der Waals surface area contributed by atoms with Gasteiger partial charge in [0.25, 0.3) is 5.91 Å². The number of carbonyl (C=O) groups is 1. The van der Waals surface area contributed by atoms with E-state index >= 15 is 0 Å². The van der Waals surface area contributed by atoms with Crippen molar-refractivity contribution in [2.45, 2.75) is 0 Å². The topological polar surface area (TPSA) is 29.1 Å². The van der Waals surface area contributed by atoms with Crippen molar-refractivity contribution in [3.63, 3.8) is 0 Å². The summed E-state index contributed by atoms with van der Waals surface area (Å²) in [5, 5.41) is 2.62.